The second kappa shape index (κ2) is 9.17. The first-order valence-electron chi connectivity index (χ1n) is 10.2. The minimum absolute atomic E-state index is 0.00873. The number of benzene rings is 1. The van der Waals surface area contributed by atoms with Crippen molar-refractivity contribution in [1.82, 2.24) is 20.0 Å². The number of carbonyl (C=O) groups is 1. The van der Waals surface area contributed by atoms with Crippen LogP contribution in [0.15, 0.2) is 41.7 Å². The Morgan fingerprint density at radius 2 is 2.23 bits per heavy atom. The van der Waals surface area contributed by atoms with Gasteiger partial charge >= 0.3 is 0 Å². The number of amides is 1. The number of hydrogen-bond donors (Lipinski definition) is 1. The number of guanidine groups is 1. The molecule has 160 valence electrons. The molecular weight excluding hydrogens is 384 g/mol. The zero-order valence-corrected chi connectivity index (χ0v) is 17.5. The molecule has 0 radical (unpaired) electrons. The van der Waals surface area contributed by atoms with Crippen LogP contribution in [0, 0.1) is 0 Å². The third-order valence-electron chi connectivity index (χ3n) is 5.32. The van der Waals surface area contributed by atoms with Crippen molar-refractivity contribution in [3.8, 4) is 5.75 Å². The Balaban J connectivity index is 1.29. The number of nitrogens with one attached hydrogen (secondary N) is 1. The van der Waals surface area contributed by atoms with Gasteiger partial charge in [-0.2, -0.15) is 5.10 Å². The predicted octanol–water partition coefficient (Wildman–Crippen LogP) is 1.18. The number of carbonyl (C=O) groups excluding carboxylic acids is 1. The van der Waals surface area contributed by atoms with E-state index in [-0.39, 0.29) is 18.6 Å². The molecule has 9 nitrogen and oxygen atoms in total. The smallest absolute Gasteiger partial charge is 0.265 e. The van der Waals surface area contributed by atoms with E-state index >= 15 is 0 Å². The molecule has 0 aliphatic carbocycles. The summed E-state index contributed by atoms with van der Waals surface area (Å²) in [6.07, 6.45) is 4.62. The van der Waals surface area contributed by atoms with Crippen LogP contribution in [0.25, 0.3) is 0 Å². The average Bonchev–Trinajstić information content (AvgIpc) is 3.21. The molecule has 9 heteroatoms. The molecule has 0 saturated carbocycles. The maximum atomic E-state index is 12.3. The van der Waals surface area contributed by atoms with Crippen molar-refractivity contribution < 1.29 is 14.3 Å². The van der Waals surface area contributed by atoms with Crippen molar-refractivity contribution in [2.45, 2.75) is 12.5 Å². The van der Waals surface area contributed by atoms with Gasteiger partial charge in [0.15, 0.2) is 12.6 Å². The quantitative estimate of drug-likeness (QED) is 0.451. The number of morpholine rings is 1. The lowest BCUT2D eigenvalue weighted by Gasteiger charge is -2.35. The molecule has 1 aromatic carbocycles. The number of para-hydroxylation sites is 2. The van der Waals surface area contributed by atoms with Gasteiger partial charge in [-0.3, -0.25) is 14.5 Å². The van der Waals surface area contributed by atoms with Gasteiger partial charge < -0.3 is 24.6 Å². The summed E-state index contributed by atoms with van der Waals surface area (Å²) in [5.41, 5.74) is 1.91. The van der Waals surface area contributed by atoms with Gasteiger partial charge in [-0.1, -0.05) is 12.1 Å². The van der Waals surface area contributed by atoms with Crippen LogP contribution >= 0.6 is 0 Å². The first kappa shape index (κ1) is 20.2. The van der Waals surface area contributed by atoms with E-state index in [1.54, 1.807) is 16.6 Å². The predicted molar refractivity (Wildman–Crippen MR) is 114 cm³/mol. The molecule has 1 saturated heterocycles. The molecule has 4 rings (SSSR count). The van der Waals surface area contributed by atoms with Crippen molar-refractivity contribution in [3.05, 3.63) is 42.2 Å². The SMILES string of the molecule is CN=C(NCCCN1C(=O)COc2ccccc21)N1CCOC(c2cnn(C)c2)C1. The number of aliphatic imine (C=N–C) groups is 1. The molecule has 2 aliphatic rings. The van der Waals surface area contributed by atoms with Gasteiger partial charge in [0.25, 0.3) is 5.91 Å². The Morgan fingerprint density at radius 3 is 3.03 bits per heavy atom. The minimum Gasteiger partial charge on any atom is -0.482 e. The number of aromatic nitrogens is 2. The Labute approximate surface area is 176 Å². The molecule has 1 unspecified atom stereocenters. The number of nitrogens with zero attached hydrogens (tertiary/aromatic N) is 5. The molecule has 30 heavy (non-hydrogen) atoms. The number of ether oxygens (including phenoxy) is 2. The zero-order chi connectivity index (χ0) is 20.9. The highest BCUT2D eigenvalue weighted by atomic mass is 16.5. The van der Waals surface area contributed by atoms with E-state index in [1.807, 2.05) is 43.7 Å². The molecule has 1 atom stereocenters. The summed E-state index contributed by atoms with van der Waals surface area (Å²) in [7, 11) is 3.70. The Morgan fingerprint density at radius 1 is 1.37 bits per heavy atom. The third-order valence-corrected chi connectivity index (χ3v) is 5.32. The minimum atomic E-state index is -0.0199. The van der Waals surface area contributed by atoms with E-state index in [1.165, 1.54) is 0 Å². The largest absolute Gasteiger partial charge is 0.482 e. The van der Waals surface area contributed by atoms with E-state index in [0.717, 1.165) is 42.5 Å². The van der Waals surface area contributed by atoms with Crippen LogP contribution in [0.1, 0.15) is 18.1 Å². The topological polar surface area (TPSA) is 84.2 Å². The highest BCUT2D eigenvalue weighted by Gasteiger charge is 2.26. The van der Waals surface area contributed by atoms with Crippen molar-refractivity contribution in [3.63, 3.8) is 0 Å². The van der Waals surface area contributed by atoms with E-state index in [0.29, 0.717) is 19.7 Å². The van der Waals surface area contributed by atoms with Gasteiger partial charge in [0.1, 0.15) is 11.9 Å². The van der Waals surface area contributed by atoms with Gasteiger partial charge in [-0.15, -0.1) is 0 Å². The molecule has 1 aromatic heterocycles. The lowest BCUT2D eigenvalue weighted by molar-refractivity contribution is -0.121. The van der Waals surface area contributed by atoms with Crippen LogP contribution in [0.5, 0.6) is 5.75 Å². The Kier molecular flexibility index (Phi) is 6.18. The second-order valence-electron chi connectivity index (χ2n) is 7.38. The van der Waals surface area contributed by atoms with Gasteiger partial charge in [0.2, 0.25) is 0 Å². The molecular formula is C21H28N6O3. The van der Waals surface area contributed by atoms with Crippen molar-refractivity contribution >= 4 is 17.6 Å². The first-order chi connectivity index (χ1) is 14.7. The highest BCUT2D eigenvalue weighted by molar-refractivity contribution is 5.97. The van der Waals surface area contributed by atoms with E-state index in [4.69, 9.17) is 9.47 Å². The highest BCUT2D eigenvalue weighted by Crippen LogP contribution is 2.31. The maximum absolute atomic E-state index is 12.3. The van der Waals surface area contributed by atoms with Gasteiger partial charge in [0.05, 0.1) is 25.0 Å². The number of rotatable bonds is 5. The van der Waals surface area contributed by atoms with Crippen molar-refractivity contribution in [2.24, 2.45) is 12.0 Å². The first-order valence-corrected chi connectivity index (χ1v) is 10.2. The van der Waals surface area contributed by atoms with Crippen LogP contribution in [0.4, 0.5) is 5.69 Å². The number of aryl methyl sites for hydroxylation is 1. The van der Waals surface area contributed by atoms with Crippen LogP contribution in [0.3, 0.4) is 0 Å². The number of fused-ring (bicyclic) bond motifs is 1. The van der Waals surface area contributed by atoms with E-state index in [9.17, 15) is 4.79 Å². The molecule has 1 N–H and O–H groups in total. The normalized spacial score (nSPS) is 19.5. The zero-order valence-electron chi connectivity index (χ0n) is 17.5. The Hall–Kier alpha value is -3.07. The summed E-state index contributed by atoms with van der Waals surface area (Å²) in [4.78, 5) is 20.7. The molecule has 2 aromatic rings. The van der Waals surface area contributed by atoms with Gasteiger partial charge in [-0.05, 0) is 18.6 Å². The second-order valence-corrected chi connectivity index (χ2v) is 7.38. The lowest BCUT2D eigenvalue weighted by atomic mass is 10.1. The summed E-state index contributed by atoms with van der Waals surface area (Å²) in [6.45, 7) is 3.58. The fourth-order valence-electron chi connectivity index (χ4n) is 3.82. The molecule has 1 fully saturated rings. The molecule has 3 heterocycles. The third kappa shape index (κ3) is 4.40. The standard InChI is InChI=1S/C21H28N6O3/c1-22-21(26-10-11-29-19(14-26)16-12-24-25(2)13-16)23-8-5-9-27-17-6-3-4-7-18(17)30-15-20(27)28/h3-4,6-7,12-13,19H,5,8-11,14-15H2,1-2H3,(H,22,23). The fraction of sp³-hybridized carbons (Fsp3) is 0.476. The van der Waals surface area contributed by atoms with E-state index in [2.05, 4.69) is 20.3 Å². The Bertz CT molecular complexity index is 912. The van der Waals surface area contributed by atoms with Gasteiger partial charge in [0, 0.05) is 45.5 Å². The van der Waals surface area contributed by atoms with Crippen LogP contribution in [-0.2, 0) is 16.6 Å². The fourth-order valence-corrected chi connectivity index (χ4v) is 3.82. The van der Waals surface area contributed by atoms with Crippen LogP contribution in [-0.4, -0.2) is 73.0 Å². The van der Waals surface area contributed by atoms with Crippen molar-refractivity contribution in [2.75, 3.05) is 51.3 Å². The summed E-state index contributed by atoms with van der Waals surface area (Å²) in [5.74, 6) is 1.60. The molecule has 2 aliphatic heterocycles. The van der Waals surface area contributed by atoms with Crippen molar-refractivity contribution in [1.29, 1.82) is 0 Å². The average molecular weight is 412 g/mol. The summed E-state index contributed by atoms with van der Waals surface area (Å²) >= 11 is 0. The van der Waals surface area contributed by atoms with Crippen LogP contribution in [0.2, 0.25) is 0 Å². The van der Waals surface area contributed by atoms with E-state index < -0.39 is 0 Å². The molecule has 0 spiro atoms. The summed E-state index contributed by atoms with van der Waals surface area (Å²) in [6, 6.07) is 7.65. The molecule has 1 amide bonds. The summed E-state index contributed by atoms with van der Waals surface area (Å²) < 4.78 is 13.2. The summed E-state index contributed by atoms with van der Waals surface area (Å²) in [5, 5.41) is 7.67. The number of anilines is 1. The monoisotopic (exact) mass is 412 g/mol. The number of hydrogen-bond acceptors (Lipinski definition) is 5. The van der Waals surface area contributed by atoms with Gasteiger partial charge in [-0.25, -0.2) is 0 Å². The molecule has 0 bridgehead atoms. The van der Waals surface area contributed by atoms with Crippen LogP contribution < -0.4 is 15.0 Å². The lowest BCUT2D eigenvalue weighted by Crippen LogP contribution is -2.48. The maximum Gasteiger partial charge on any atom is 0.265 e.